The average Bonchev–Trinajstić information content (AvgIpc) is 2.95. The monoisotopic (exact) mass is 340 g/mol. The van der Waals surface area contributed by atoms with Crippen molar-refractivity contribution >= 4 is 49.0 Å². The number of hydrogen-bond donors (Lipinski definition) is 1. The number of sulfonamides is 1. The van der Waals surface area contributed by atoms with Crippen molar-refractivity contribution in [3.8, 4) is 0 Å². The number of nitrogens with zero attached hydrogens (tertiary/aromatic N) is 3. The predicted octanol–water partition coefficient (Wildman–Crippen LogP) is 2.41. The smallest absolute Gasteiger partial charge is 0.231 e. The molecule has 21 heavy (non-hydrogen) atoms. The van der Waals surface area contributed by atoms with E-state index < -0.39 is 10.0 Å². The second-order valence-electron chi connectivity index (χ2n) is 4.09. The van der Waals surface area contributed by atoms with Crippen LogP contribution in [0.15, 0.2) is 46.9 Å². The lowest BCUT2D eigenvalue weighted by atomic mass is 10.4. The summed E-state index contributed by atoms with van der Waals surface area (Å²) in [6, 6.07) is 7.49. The third-order valence-corrected chi connectivity index (χ3v) is 5.45. The molecule has 0 aliphatic carbocycles. The molecule has 0 atom stereocenters. The molecule has 0 amide bonds. The van der Waals surface area contributed by atoms with Crippen molar-refractivity contribution in [2.24, 2.45) is 5.84 Å². The number of nitrogens with two attached hydrogens (primary N) is 1. The van der Waals surface area contributed by atoms with Gasteiger partial charge in [-0.3, -0.25) is 0 Å². The van der Waals surface area contributed by atoms with Crippen LogP contribution in [-0.2, 0) is 10.0 Å². The van der Waals surface area contributed by atoms with E-state index in [1.807, 2.05) is 0 Å². The lowest BCUT2D eigenvalue weighted by Crippen LogP contribution is -2.38. The Morgan fingerprint density at radius 2 is 1.86 bits per heavy atom. The Hall–Kier alpha value is -1.74. The van der Waals surface area contributed by atoms with E-state index in [1.165, 1.54) is 41.9 Å². The highest BCUT2D eigenvalue weighted by Gasteiger charge is 2.25. The summed E-state index contributed by atoms with van der Waals surface area (Å²) in [6.07, 6.45) is 1.28. The van der Waals surface area contributed by atoms with Crippen molar-refractivity contribution in [3.05, 3.63) is 47.1 Å². The minimum Gasteiger partial charge on any atom is -0.231 e. The first-order valence-corrected chi connectivity index (χ1v) is 8.44. The molecule has 2 N–H and O–H groups in total. The lowest BCUT2D eigenvalue weighted by Gasteiger charge is -2.18. The molecule has 0 fully saturated rings. The lowest BCUT2D eigenvalue weighted by molar-refractivity contribution is 0.591. The zero-order valence-corrected chi connectivity index (χ0v) is 12.9. The average molecular weight is 341 g/mol. The van der Waals surface area contributed by atoms with Crippen molar-refractivity contribution in [1.82, 2.24) is 9.97 Å². The number of aromatic nitrogens is 2. The van der Waals surface area contributed by atoms with Crippen LogP contribution >= 0.6 is 22.9 Å². The third kappa shape index (κ3) is 2.46. The summed E-state index contributed by atoms with van der Waals surface area (Å²) in [5.41, 5.74) is 0. The van der Waals surface area contributed by atoms with Gasteiger partial charge in [-0.15, -0.1) is 11.3 Å². The normalized spacial score (nSPS) is 11.7. The molecule has 0 aliphatic rings. The number of hydrogen-bond acceptors (Lipinski definition) is 6. The van der Waals surface area contributed by atoms with Gasteiger partial charge in [-0.2, -0.15) is 12.8 Å². The summed E-state index contributed by atoms with van der Waals surface area (Å²) in [6.45, 7) is 0. The summed E-state index contributed by atoms with van der Waals surface area (Å²) in [5, 5.41) is 2.83. The number of hydrazine groups is 1. The third-order valence-electron chi connectivity index (χ3n) is 2.82. The summed E-state index contributed by atoms with van der Waals surface area (Å²) in [4.78, 5) is 8.75. The van der Waals surface area contributed by atoms with Gasteiger partial charge in [-0.1, -0.05) is 11.6 Å². The molecular formula is C12H9ClN4O2S2. The van der Waals surface area contributed by atoms with Crippen LogP contribution in [0.3, 0.4) is 0 Å². The summed E-state index contributed by atoms with van der Waals surface area (Å²) in [5.74, 6) is 5.93. The summed E-state index contributed by atoms with van der Waals surface area (Å²) in [7, 11) is -3.91. The Labute approximate surface area is 129 Å². The maximum absolute atomic E-state index is 12.5. The fraction of sp³-hybridized carbons (Fsp3) is 0. The second-order valence-corrected chi connectivity index (χ2v) is 7.24. The number of halogens is 1. The van der Waals surface area contributed by atoms with Crippen LogP contribution in [0, 0.1) is 0 Å². The van der Waals surface area contributed by atoms with Gasteiger partial charge in [0.1, 0.15) is 11.2 Å². The topological polar surface area (TPSA) is 89.2 Å². The fourth-order valence-electron chi connectivity index (χ4n) is 1.79. The summed E-state index contributed by atoms with van der Waals surface area (Å²) < 4.78 is 25.7. The number of rotatable bonds is 3. The molecule has 2 aromatic heterocycles. The second kappa shape index (κ2) is 5.23. The maximum atomic E-state index is 12.5. The number of thiophene rings is 1. The van der Waals surface area contributed by atoms with E-state index in [4.69, 9.17) is 17.4 Å². The molecule has 1 aromatic carbocycles. The molecule has 3 rings (SSSR count). The highest BCUT2D eigenvalue weighted by molar-refractivity contribution is 7.92. The molecule has 0 saturated heterocycles. The minimum atomic E-state index is -3.91. The van der Waals surface area contributed by atoms with Gasteiger partial charge in [0, 0.05) is 5.02 Å². The van der Waals surface area contributed by atoms with Crippen LogP contribution in [0.1, 0.15) is 0 Å². The van der Waals surface area contributed by atoms with E-state index in [0.717, 1.165) is 0 Å². The van der Waals surface area contributed by atoms with Gasteiger partial charge < -0.3 is 0 Å². The Morgan fingerprint density at radius 3 is 2.57 bits per heavy atom. The molecule has 108 valence electrons. The molecule has 3 aromatic rings. The van der Waals surface area contributed by atoms with E-state index in [2.05, 4.69) is 9.97 Å². The molecule has 9 heteroatoms. The van der Waals surface area contributed by atoms with E-state index in [0.29, 0.717) is 19.7 Å². The van der Waals surface area contributed by atoms with Gasteiger partial charge in [0.2, 0.25) is 0 Å². The zero-order chi connectivity index (χ0) is 15.0. The number of anilines is 1. The Morgan fingerprint density at radius 1 is 1.14 bits per heavy atom. The Kier molecular flexibility index (Phi) is 3.54. The molecular weight excluding hydrogens is 332 g/mol. The molecule has 0 unspecified atom stereocenters. The molecule has 0 radical (unpaired) electrons. The van der Waals surface area contributed by atoms with Crippen LogP contribution < -0.4 is 10.3 Å². The maximum Gasteiger partial charge on any atom is 0.278 e. The van der Waals surface area contributed by atoms with Crippen molar-refractivity contribution in [1.29, 1.82) is 0 Å². The Bertz CT molecular complexity index is 893. The van der Waals surface area contributed by atoms with Crippen molar-refractivity contribution < 1.29 is 8.42 Å². The molecule has 0 saturated carbocycles. The van der Waals surface area contributed by atoms with Crippen LogP contribution in [0.5, 0.6) is 0 Å². The zero-order valence-electron chi connectivity index (χ0n) is 10.5. The van der Waals surface area contributed by atoms with Gasteiger partial charge in [-0.25, -0.2) is 15.8 Å². The van der Waals surface area contributed by atoms with Crippen molar-refractivity contribution in [3.63, 3.8) is 0 Å². The fourth-order valence-corrected chi connectivity index (χ4v) is 3.72. The van der Waals surface area contributed by atoms with E-state index in [9.17, 15) is 8.42 Å². The standard InChI is InChI=1S/C12H9ClN4O2S2/c13-8-1-3-9(4-2-8)21(18,19)17(14)11-10-5-6-20-12(10)16-7-15-11/h1-7H,14H2. The van der Waals surface area contributed by atoms with Crippen LogP contribution in [0.2, 0.25) is 5.02 Å². The highest BCUT2D eigenvalue weighted by atomic mass is 35.5. The van der Waals surface area contributed by atoms with Gasteiger partial charge in [0.25, 0.3) is 10.0 Å². The van der Waals surface area contributed by atoms with Crippen molar-refractivity contribution in [2.45, 2.75) is 4.90 Å². The van der Waals surface area contributed by atoms with E-state index in [1.54, 1.807) is 11.4 Å². The van der Waals surface area contributed by atoms with E-state index >= 15 is 0 Å². The first-order chi connectivity index (χ1) is 10.00. The van der Waals surface area contributed by atoms with Crippen LogP contribution in [0.25, 0.3) is 10.2 Å². The minimum absolute atomic E-state index is 0.0383. The van der Waals surface area contributed by atoms with Gasteiger partial charge >= 0.3 is 0 Å². The molecule has 0 bridgehead atoms. The first kappa shape index (κ1) is 14.2. The highest BCUT2D eigenvalue weighted by Crippen LogP contribution is 2.28. The number of fused-ring (bicyclic) bond motifs is 1. The summed E-state index contributed by atoms with van der Waals surface area (Å²) >= 11 is 7.14. The number of benzene rings is 1. The molecule has 0 spiro atoms. The Balaban J connectivity index is 2.10. The SMILES string of the molecule is NN(c1ncnc2sccc12)S(=O)(=O)c1ccc(Cl)cc1. The van der Waals surface area contributed by atoms with Crippen molar-refractivity contribution in [2.75, 3.05) is 4.41 Å². The first-order valence-electron chi connectivity index (χ1n) is 5.74. The van der Waals surface area contributed by atoms with Gasteiger partial charge in [0.05, 0.1) is 10.3 Å². The van der Waals surface area contributed by atoms with Gasteiger partial charge in [-0.05, 0) is 35.7 Å². The quantitative estimate of drug-likeness (QED) is 0.584. The largest absolute Gasteiger partial charge is 0.278 e. The van der Waals surface area contributed by atoms with Gasteiger partial charge in [0.15, 0.2) is 5.82 Å². The molecule has 6 nitrogen and oxygen atoms in total. The van der Waals surface area contributed by atoms with Crippen LogP contribution in [0.4, 0.5) is 5.82 Å². The predicted molar refractivity (Wildman–Crippen MR) is 82.7 cm³/mol. The van der Waals surface area contributed by atoms with Crippen LogP contribution in [-0.4, -0.2) is 18.4 Å². The molecule has 0 aliphatic heterocycles. The molecule has 2 heterocycles. The van der Waals surface area contributed by atoms with E-state index in [-0.39, 0.29) is 10.7 Å².